The van der Waals surface area contributed by atoms with E-state index in [4.69, 9.17) is 19.3 Å². The molecule has 3 aromatic rings. The third kappa shape index (κ3) is 4.21. The minimum Gasteiger partial charge on any atom is -0.410 e. The van der Waals surface area contributed by atoms with Crippen molar-refractivity contribution in [1.29, 1.82) is 0 Å². The molecule has 5 atom stereocenters. The number of nitrogens with zero attached hydrogens (tertiary/aromatic N) is 2. The fraction of sp³-hybridized carbons (Fsp3) is 0.400. The second-order valence-corrected chi connectivity index (χ2v) is 9.74. The van der Waals surface area contributed by atoms with Crippen molar-refractivity contribution in [2.45, 2.75) is 38.0 Å². The summed E-state index contributed by atoms with van der Waals surface area (Å²) in [6, 6.07) is 5.38. The molecule has 0 aliphatic carbocycles. The largest absolute Gasteiger partial charge is 0.456 e. The Balaban J connectivity index is 1.50. The molecule has 0 saturated carbocycles. The second kappa shape index (κ2) is 8.43. The van der Waals surface area contributed by atoms with Crippen LogP contribution in [0.15, 0.2) is 40.1 Å². The van der Waals surface area contributed by atoms with Gasteiger partial charge in [-0.25, -0.2) is 23.6 Å². The molecular formula is C20H23F2N4O7P. The van der Waals surface area contributed by atoms with Gasteiger partial charge in [0.1, 0.15) is 12.2 Å². The third-order valence-electron chi connectivity index (χ3n) is 5.83. The van der Waals surface area contributed by atoms with Gasteiger partial charge >= 0.3 is 13.4 Å². The van der Waals surface area contributed by atoms with Crippen LogP contribution in [0.3, 0.4) is 0 Å². The number of alkyl halides is 1. The highest BCUT2D eigenvalue weighted by atomic mass is 31.2. The molecule has 3 heterocycles. The Morgan fingerprint density at radius 3 is 2.74 bits per heavy atom. The summed E-state index contributed by atoms with van der Waals surface area (Å²) in [5, 5.41) is 10.6. The normalized spacial score (nSPS) is 26.6. The molecule has 0 unspecified atom stereocenters. The summed E-state index contributed by atoms with van der Waals surface area (Å²) < 4.78 is 60.8. The van der Waals surface area contributed by atoms with E-state index in [1.54, 1.807) is 30.7 Å². The van der Waals surface area contributed by atoms with Crippen LogP contribution in [-0.2, 0) is 20.9 Å². The van der Waals surface area contributed by atoms with Crippen molar-refractivity contribution in [2.75, 3.05) is 6.61 Å². The Morgan fingerprint density at radius 2 is 2.06 bits per heavy atom. The summed E-state index contributed by atoms with van der Waals surface area (Å²) in [5.41, 5.74) is 2.82. The zero-order chi connectivity index (χ0) is 25.0. The number of fused-ring (bicyclic) bond motifs is 1. The maximum Gasteiger partial charge on any atom is 0.456 e. The number of aryl methyl sites for hydroxylation is 2. The zero-order valence-corrected chi connectivity index (χ0v) is 19.3. The van der Waals surface area contributed by atoms with E-state index in [2.05, 4.69) is 0 Å². The SMILES string of the molecule is Cc1cc2c(F)c(O[P@@](N)(=O)OC[C@H]3O[C@@H](n4ccc(=O)[nH]c4=O)[C@](C)(F)[C@@H]3O)ccc2n1C. The number of aliphatic hydroxyl groups is 1. The van der Waals surface area contributed by atoms with Gasteiger partial charge in [0.05, 0.1) is 12.1 Å². The molecule has 184 valence electrons. The lowest BCUT2D eigenvalue weighted by Crippen LogP contribution is -2.43. The number of aromatic nitrogens is 3. The highest BCUT2D eigenvalue weighted by Crippen LogP contribution is 2.45. The van der Waals surface area contributed by atoms with Crippen molar-refractivity contribution in [3.63, 3.8) is 0 Å². The molecule has 2 aromatic heterocycles. The zero-order valence-electron chi connectivity index (χ0n) is 18.4. The van der Waals surface area contributed by atoms with Gasteiger partial charge < -0.3 is 18.9 Å². The number of benzene rings is 1. The van der Waals surface area contributed by atoms with Crippen LogP contribution in [0.1, 0.15) is 18.8 Å². The molecule has 1 saturated heterocycles. The van der Waals surface area contributed by atoms with Crippen molar-refractivity contribution in [3.8, 4) is 5.75 Å². The maximum atomic E-state index is 15.2. The predicted octanol–water partition coefficient (Wildman–Crippen LogP) is 1.62. The molecule has 1 aliphatic heterocycles. The van der Waals surface area contributed by atoms with Crippen LogP contribution in [0, 0.1) is 12.7 Å². The summed E-state index contributed by atoms with van der Waals surface area (Å²) in [5.74, 6) is -1.20. The van der Waals surface area contributed by atoms with Crippen molar-refractivity contribution >= 4 is 18.6 Å². The lowest BCUT2D eigenvalue weighted by Gasteiger charge is -2.24. The van der Waals surface area contributed by atoms with Gasteiger partial charge in [-0.2, -0.15) is 0 Å². The molecule has 14 heteroatoms. The van der Waals surface area contributed by atoms with E-state index >= 15 is 4.39 Å². The summed E-state index contributed by atoms with van der Waals surface area (Å²) in [6.07, 6.45) is -3.85. The Kier molecular flexibility index (Phi) is 6.03. The average Bonchev–Trinajstić information content (AvgIpc) is 3.16. The van der Waals surface area contributed by atoms with Gasteiger partial charge in [-0.3, -0.25) is 18.9 Å². The number of ether oxygens (including phenoxy) is 1. The smallest absolute Gasteiger partial charge is 0.410 e. The number of H-pyrrole nitrogens is 1. The van der Waals surface area contributed by atoms with Crippen LogP contribution in [0.5, 0.6) is 5.75 Å². The first-order chi connectivity index (χ1) is 15.8. The van der Waals surface area contributed by atoms with Crippen LogP contribution < -0.4 is 21.3 Å². The van der Waals surface area contributed by atoms with Gasteiger partial charge in [0.25, 0.3) is 5.56 Å². The van der Waals surface area contributed by atoms with E-state index in [0.29, 0.717) is 5.52 Å². The van der Waals surface area contributed by atoms with Crippen molar-refractivity contribution < 1.29 is 32.2 Å². The summed E-state index contributed by atoms with van der Waals surface area (Å²) in [7, 11) is -2.67. The van der Waals surface area contributed by atoms with Crippen LogP contribution >= 0.6 is 7.75 Å². The van der Waals surface area contributed by atoms with Crippen molar-refractivity contribution in [2.24, 2.45) is 12.6 Å². The summed E-state index contributed by atoms with van der Waals surface area (Å²) in [4.78, 5) is 25.2. The summed E-state index contributed by atoms with van der Waals surface area (Å²) >= 11 is 0. The van der Waals surface area contributed by atoms with E-state index in [1.165, 1.54) is 6.07 Å². The standard InChI is InChI=1S/C20H23F2N4O7P/c1-10-8-11-12(25(10)3)4-5-13(16(11)21)33-34(23,30)31-9-14-17(28)20(2,22)18(32-14)26-7-6-15(27)24-19(26)29/h4-8,14,17-18,28H,9H2,1-3H3,(H2,23,30)(H,24,27,29)/t14-,17-,18-,20-,34+/m1/s1. The highest BCUT2D eigenvalue weighted by molar-refractivity contribution is 7.51. The van der Waals surface area contributed by atoms with Crippen molar-refractivity contribution in [1.82, 2.24) is 14.1 Å². The van der Waals surface area contributed by atoms with Gasteiger partial charge in [0, 0.05) is 30.4 Å². The molecule has 11 nitrogen and oxygen atoms in total. The maximum absolute atomic E-state index is 15.2. The van der Waals surface area contributed by atoms with E-state index in [0.717, 1.165) is 29.4 Å². The topological polar surface area (TPSA) is 151 Å². The number of nitrogens with two attached hydrogens (primary N) is 1. The van der Waals surface area contributed by atoms with E-state index in [9.17, 15) is 23.7 Å². The van der Waals surface area contributed by atoms with Gasteiger partial charge in [-0.05, 0) is 32.0 Å². The molecule has 0 bridgehead atoms. The molecule has 0 spiro atoms. The lowest BCUT2D eigenvalue weighted by atomic mass is 9.98. The average molecular weight is 500 g/mol. The molecule has 4 rings (SSSR count). The molecule has 1 aliphatic rings. The first-order valence-corrected chi connectivity index (χ1v) is 11.7. The monoisotopic (exact) mass is 500 g/mol. The number of aliphatic hydroxyl groups excluding tert-OH is 1. The van der Waals surface area contributed by atoms with Gasteiger partial charge in [0.2, 0.25) is 0 Å². The number of rotatable bonds is 6. The number of halogens is 2. The first kappa shape index (κ1) is 24.3. The Morgan fingerprint density at radius 1 is 1.35 bits per heavy atom. The minimum atomic E-state index is -4.43. The molecule has 0 amide bonds. The highest BCUT2D eigenvalue weighted by Gasteiger charge is 2.55. The molecule has 1 fully saturated rings. The van der Waals surface area contributed by atoms with Crippen LogP contribution in [0.2, 0.25) is 0 Å². The van der Waals surface area contributed by atoms with Crippen LogP contribution in [0.25, 0.3) is 10.9 Å². The number of hydrogen-bond acceptors (Lipinski definition) is 7. The molecular weight excluding hydrogens is 477 g/mol. The van der Waals surface area contributed by atoms with Crippen LogP contribution in [-0.4, -0.2) is 43.7 Å². The Labute approximate surface area is 191 Å². The predicted molar refractivity (Wildman–Crippen MR) is 117 cm³/mol. The first-order valence-electron chi connectivity index (χ1n) is 10.1. The minimum absolute atomic E-state index is 0.231. The second-order valence-electron chi connectivity index (χ2n) is 8.22. The van der Waals surface area contributed by atoms with E-state index in [-0.39, 0.29) is 5.39 Å². The lowest BCUT2D eigenvalue weighted by molar-refractivity contribution is -0.0591. The number of aromatic amines is 1. The fourth-order valence-corrected chi connectivity index (χ4v) is 4.68. The molecule has 0 radical (unpaired) electrons. The Bertz CT molecular complexity index is 1420. The number of hydrogen-bond donors (Lipinski definition) is 3. The van der Waals surface area contributed by atoms with Crippen LogP contribution in [0.4, 0.5) is 8.78 Å². The van der Waals surface area contributed by atoms with Gasteiger partial charge in [-0.1, -0.05) is 0 Å². The molecule has 34 heavy (non-hydrogen) atoms. The van der Waals surface area contributed by atoms with E-state index in [1.807, 2.05) is 4.98 Å². The third-order valence-corrected chi connectivity index (χ3v) is 6.79. The van der Waals surface area contributed by atoms with E-state index < -0.39 is 61.3 Å². The Hall–Kier alpha value is -2.83. The van der Waals surface area contributed by atoms with Gasteiger partial charge in [0.15, 0.2) is 23.5 Å². The quantitative estimate of drug-likeness (QED) is 0.432. The molecule has 1 aromatic carbocycles. The summed E-state index contributed by atoms with van der Waals surface area (Å²) in [6.45, 7) is 2.08. The number of nitrogens with one attached hydrogen (secondary N) is 1. The van der Waals surface area contributed by atoms with Gasteiger partial charge in [-0.15, -0.1) is 0 Å². The molecule has 4 N–H and O–H groups in total. The fourth-order valence-electron chi connectivity index (χ4n) is 3.86. The van der Waals surface area contributed by atoms with Crippen molar-refractivity contribution in [3.05, 3.63) is 62.8 Å².